The molecule has 1 heterocycles. The van der Waals surface area contributed by atoms with Crippen LogP contribution in [0.15, 0.2) is 12.1 Å². The topological polar surface area (TPSA) is 232 Å². The number of hydrogen-bond acceptors (Lipinski definition) is 9. The molecule has 1 aliphatic heterocycles. The van der Waals surface area contributed by atoms with Crippen molar-refractivity contribution in [3.8, 4) is 5.75 Å². The Morgan fingerprint density at radius 3 is 2.23 bits per heavy atom. The Morgan fingerprint density at radius 1 is 1.20 bits per heavy atom. The fourth-order valence-corrected chi connectivity index (χ4v) is 3.48. The Balaban J connectivity index is 2.37. The van der Waals surface area contributed by atoms with E-state index in [0.717, 1.165) is 11.0 Å². The zero-order chi connectivity index (χ0) is 22.7. The predicted molar refractivity (Wildman–Crippen MR) is 98.6 cm³/mol. The second-order valence-electron chi connectivity index (χ2n) is 5.98. The number of ether oxygens (including phenoxy) is 1. The predicted octanol–water partition coefficient (Wildman–Crippen LogP) is -0.591. The van der Waals surface area contributed by atoms with Crippen molar-refractivity contribution in [3.05, 3.63) is 27.8 Å². The molecule has 0 spiro atoms. The summed E-state index contributed by atoms with van der Waals surface area (Å²) in [5.41, 5.74) is 5.15. The summed E-state index contributed by atoms with van der Waals surface area (Å²) in [4.78, 5) is 59.2. The lowest BCUT2D eigenvalue weighted by Gasteiger charge is -2.22. The monoisotopic (exact) mass is 471 g/mol. The number of hydrogen-bond donors (Lipinski definition) is 5. The van der Waals surface area contributed by atoms with E-state index in [-0.39, 0.29) is 35.7 Å². The molecule has 0 unspecified atom stereocenters. The molecule has 30 heavy (non-hydrogen) atoms. The molecule has 0 radical (unpaired) electrons. The number of anilines is 1. The van der Waals surface area contributed by atoms with Crippen molar-refractivity contribution < 1.29 is 52.2 Å². The minimum Gasteiger partial charge on any atom is -0.485 e. The van der Waals surface area contributed by atoms with Crippen molar-refractivity contribution in [2.75, 3.05) is 31.2 Å². The first-order valence-corrected chi connectivity index (χ1v) is 11.3. The van der Waals surface area contributed by atoms with Crippen molar-refractivity contribution in [1.29, 1.82) is 0 Å². The number of fused-ring (bicyclic) bond motifs is 1. The molecule has 6 N–H and O–H groups in total. The molecule has 0 bridgehead atoms. The number of nitro groups is 1. The standard InChI is InChI=1S/C13H19N3O12P2/c14-5-12(17)15-4-3-9-11(2-1-10(13(9)15)16(18)19)28-8(6-26-29(20,21)22)7-27-30(23,24)25/h1-2,8H,3-7,14H2,(H2,20,21,22)(H2,23,24,25). The van der Waals surface area contributed by atoms with Crippen LogP contribution in [0.1, 0.15) is 5.56 Å². The van der Waals surface area contributed by atoms with E-state index in [9.17, 15) is 24.0 Å². The van der Waals surface area contributed by atoms with E-state index in [4.69, 9.17) is 30.0 Å². The molecule has 1 aromatic carbocycles. The van der Waals surface area contributed by atoms with E-state index in [0.29, 0.717) is 0 Å². The number of phosphoric ester groups is 2. The lowest BCUT2D eigenvalue weighted by Crippen LogP contribution is -2.34. The van der Waals surface area contributed by atoms with Crippen LogP contribution >= 0.6 is 15.6 Å². The number of carbonyl (C=O) groups excluding carboxylic acids is 1. The minimum atomic E-state index is -4.94. The molecule has 0 saturated carbocycles. The number of nitrogens with zero attached hydrogens (tertiary/aromatic N) is 2. The van der Waals surface area contributed by atoms with E-state index in [1.807, 2.05) is 0 Å². The first-order valence-electron chi connectivity index (χ1n) is 8.20. The van der Waals surface area contributed by atoms with Crippen molar-refractivity contribution in [1.82, 2.24) is 0 Å². The van der Waals surface area contributed by atoms with Crippen molar-refractivity contribution in [3.63, 3.8) is 0 Å². The number of phosphoric acid groups is 2. The van der Waals surface area contributed by atoms with E-state index in [1.54, 1.807) is 0 Å². The van der Waals surface area contributed by atoms with Gasteiger partial charge in [0.1, 0.15) is 17.5 Å². The van der Waals surface area contributed by atoms with E-state index >= 15 is 0 Å². The summed E-state index contributed by atoms with van der Waals surface area (Å²) in [6.45, 7) is -1.95. The third kappa shape index (κ3) is 6.54. The lowest BCUT2D eigenvalue weighted by atomic mass is 10.1. The van der Waals surface area contributed by atoms with E-state index < -0.39 is 52.3 Å². The number of amides is 1. The molecule has 168 valence electrons. The number of benzene rings is 1. The van der Waals surface area contributed by atoms with Crippen LogP contribution in [0, 0.1) is 10.1 Å². The van der Waals surface area contributed by atoms with E-state index in [1.165, 1.54) is 6.07 Å². The minimum absolute atomic E-state index is 0.0171. The van der Waals surface area contributed by atoms with Gasteiger partial charge in [0.25, 0.3) is 5.69 Å². The number of carbonyl (C=O) groups is 1. The Labute approximate surface area is 169 Å². The van der Waals surface area contributed by atoms with Gasteiger partial charge in [0.2, 0.25) is 5.91 Å². The highest BCUT2D eigenvalue weighted by Crippen LogP contribution is 2.43. The van der Waals surface area contributed by atoms with Gasteiger partial charge >= 0.3 is 15.6 Å². The maximum Gasteiger partial charge on any atom is 0.469 e. The summed E-state index contributed by atoms with van der Waals surface area (Å²) in [5, 5.41) is 11.4. The molecule has 1 aliphatic rings. The highest BCUT2D eigenvalue weighted by molar-refractivity contribution is 7.46. The molecule has 1 amide bonds. The number of nitro benzene ring substituents is 1. The molecule has 17 heteroatoms. The van der Waals surface area contributed by atoms with Gasteiger partial charge in [0, 0.05) is 18.2 Å². The van der Waals surface area contributed by atoms with Crippen LogP contribution in [0.2, 0.25) is 0 Å². The van der Waals surface area contributed by atoms with Crippen molar-refractivity contribution >= 4 is 32.9 Å². The van der Waals surface area contributed by atoms with Crippen molar-refractivity contribution in [2.45, 2.75) is 12.5 Å². The molecule has 0 aromatic heterocycles. The third-order valence-electron chi connectivity index (χ3n) is 3.90. The highest BCUT2D eigenvalue weighted by atomic mass is 31.2. The molecule has 0 atom stereocenters. The molecule has 2 rings (SSSR count). The van der Waals surface area contributed by atoms with Gasteiger partial charge in [-0.05, 0) is 12.5 Å². The fourth-order valence-electron chi connectivity index (χ4n) is 2.76. The van der Waals surface area contributed by atoms with Gasteiger partial charge < -0.3 is 34.9 Å². The fraction of sp³-hybridized carbons (Fsp3) is 0.462. The Bertz CT molecular complexity index is 887. The second-order valence-corrected chi connectivity index (χ2v) is 8.46. The normalized spacial score (nSPS) is 14.1. The Hall–Kier alpha value is -1.93. The first kappa shape index (κ1) is 24.3. The molecule has 0 fully saturated rings. The molecule has 0 aliphatic carbocycles. The largest absolute Gasteiger partial charge is 0.485 e. The summed E-state index contributed by atoms with van der Waals surface area (Å²) in [7, 11) is -9.88. The highest BCUT2D eigenvalue weighted by Gasteiger charge is 2.35. The number of rotatable bonds is 10. The van der Waals surface area contributed by atoms with Gasteiger partial charge in [-0.25, -0.2) is 9.13 Å². The molecular formula is C13H19N3O12P2. The van der Waals surface area contributed by atoms with Crippen LogP contribution in [-0.4, -0.2) is 62.8 Å². The number of nitrogens with two attached hydrogens (primary N) is 1. The SMILES string of the molecule is NCC(=O)N1CCc2c(OC(COP(=O)(O)O)COP(=O)(O)O)ccc([N+](=O)[O-])c21. The van der Waals surface area contributed by atoms with Gasteiger partial charge in [-0.1, -0.05) is 0 Å². The van der Waals surface area contributed by atoms with Gasteiger partial charge in [0.15, 0.2) is 0 Å². The zero-order valence-corrected chi connectivity index (χ0v) is 17.0. The lowest BCUT2D eigenvalue weighted by molar-refractivity contribution is -0.384. The van der Waals surface area contributed by atoms with Gasteiger partial charge in [-0.15, -0.1) is 0 Å². The maximum atomic E-state index is 12.0. The van der Waals surface area contributed by atoms with Crippen LogP contribution < -0.4 is 15.4 Å². The quantitative estimate of drug-likeness (QED) is 0.163. The zero-order valence-electron chi connectivity index (χ0n) is 15.2. The molecule has 1 aromatic rings. The van der Waals surface area contributed by atoms with Crippen LogP contribution in [-0.2, 0) is 29.4 Å². The van der Waals surface area contributed by atoms with Crippen LogP contribution in [0.25, 0.3) is 0 Å². The third-order valence-corrected chi connectivity index (χ3v) is 4.87. The first-order chi connectivity index (χ1) is 13.8. The van der Waals surface area contributed by atoms with Crippen LogP contribution in [0.3, 0.4) is 0 Å². The van der Waals surface area contributed by atoms with Crippen LogP contribution in [0.4, 0.5) is 11.4 Å². The summed E-state index contributed by atoms with van der Waals surface area (Å²) in [5.74, 6) is -0.586. The summed E-state index contributed by atoms with van der Waals surface area (Å²) in [6, 6.07) is 2.25. The molecular weight excluding hydrogens is 452 g/mol. The van der Waals surface area contributed by atoms with Gasteiger partial charge in [-0.3, -0.25) is 24.0 Å². The van der Waals surface area contributed by atoms with Gasteiger partial charge in [0.05, 0.1) is 24.7 Å². The Kier molecular flexibility index (Phi) is 7.69. The van der Waals surface area contributed by atoms with Crippen molar-refractivity contribution in [2.24, 2.45) is 5.73 Å². The van der Waals surface area contributed by atoms with Crippen LogP contribution in [0.5, 0.6) is 5.75 Å². The molecule has 0 saturated heterocycles. The maximum absolute atomic E-state index is 12.0. The smallest absolute Gasteiger partial charge is 0.469 e. The summed E-state index contributed by atoms with van der Waals surface area (Å²) < 4.78 is 36.0. The average molecular weight is 471 g/mol. The second kappa shape index (κ2) is 9.47. The average Bonchev–Trinajstić information content (AvgIpc) is 3.07. The summed E-state index contributed by atoms with van der Waals surface area (Å²) >= 11 is 0. The summed E-state index contributed by atoms with van der Waals surface area (Å²) in [6.07, 6.45) is -1.26. The molecule has 15 nitrogen and oxygen atoms in total. The Morgan fingerprint density at radius 2 is 1.77 bits per heavy atom. The van der Waals surface area contributed by atoms with E-state index in [2.05, 4.69) is 9.05 Å². The van der Waals surface area contributed by atoms with Gasteiger partial charge in [-0.2, -0.15) is 0 Å².